The molecule has 0 aromatic rings. The van der Waals surface area contributed by atoms with Gasteiger partial charge in [0.05, 0.1) is 12.7 Å². The average molecular weight is 192 g/mol. The number of aliphatic hydroxyl groups excluding tert-OH is 1. The number of nitrogens with one attached hydrogen (secondary N) is 1. The molecule has 0 aliphatic heterocycles. The van der Waals surface area contributed by atoms with E-state index in [1.807, 2.05) is 0 Å². The molecule has 12 heavy (non-hydrogen) atoms. The molecular weight excluding hydrogens is 180 g/mol. The van der Waals surface area contributed by atoms with E-state index in [1.54, 1.807) is 6.92 Å². The van der Waals surface area contributed by atoms with Crippen molar-refractivity contribution >= 4 is 10.0 Å². The van der Waals surface area contributed by atoms with Crippen LogP contribution in [0.5, 0.6) is 0 Å². The van der Waals surface area contributed by atoms with Gasteiger partial charge in [-0.3, -0.25) is 0 Å². The molecule has 70 valence electrons. The number of aliphatic hydroxyl groups is 1. The van der Waals surface area contributed by atoms with Crippen LogP contribution in [0.4, 0.5) is 0 Å². The number of hydrogen-bond acceptors (Lipinski definition) is 4. The van der Waals surface area contributed by atoms with E-state index in [-0.39, 0.29) is 6.61 Å². The summed E-state index contributed by atoms with van der Waals surface area (Å²) in [5.41, 5.74) is 0. The molecule has 0 saturated carbocycles. The van der Waals surface area contributed by atoms with Gasteiger partial charge in [-0.15, -0.1) is 0 Å². The first-order valence-electron chi connectivity index (χ1n) is 3.53. The Labute approximate surface area is 72.1 Å². The molecule has 0 bridgehead atoms. The standard InChI is InChI=1S/C6H12N2O3S/c1-2-6(5-9)8-12(10,11)4-3-7/h6,8-9H,2,4-5H2,1H3. The second kappa shape index (κ2) is 5.09. The topological polar surface area (TPSA) is 90.2 Å². The van der Waals surface area contributed by atoms with Gasteiger partial charge >= 0.3 is 0 Å². The van der Waals surface area contributed by atoms with Crippen molar-refractivity contribution in [2.45, 2.75) is 19.4 Å². The minimum absolute atomic E-state index is 0.249. The van der Waals surface area contributed by atoms with Crippen molar-refractivity contribution in [3.63, 3.8) is 0 Å². The molecule has 1 unspecified atom stereocenters. The van der Waals surface area contributed by atoms with E-state index in [1.165, 1.54) is 6.07 Å². The predicted octanol–water partition coefficient (Wildman–Crippen LogP) is -0.800. The van der Waals surface area contributed by atoms with Gasteiger partial charge in [0, 0.05) is 6.04 Å². The van der Waals surface area contributed by atoms with Crippen molar-refractivity contribution in [1.82, 2.24) is 4.72 Å². The Bertz CT molecular complexity index is 250. The Hall–Kier alpha value is -0.640. The third kappa shape index (κ3) is 4.28. The van der Waals surface area contributed by atoms with Gasteiger partial charge in [-0.25, -0.2) is 13.1 Å². The molecule has 0 amide bonds. The van der Waals surface area contributed by atoms with E-state index in [2.05, 4.69) is 4.72 Å². The van der Waals surface area contributed by atoms with E-state index >= 15 is 0 Å². The highest BCUT2D eigenvalue weighted by Gasteiger charge is 2.14. The van der Waals surface area contributed by atoms with E-state index in [0.717, 1.165) is 0 Å². The molecule has 5 nitrogen and oxygen atoms in total. The second-order valence-electron chi connectivity index (χ2n) is 2.32. The maximum Gasteiger partial charge on any atom is 0.225 e. The van der Waals surface area contributed by atoms with Gasteiger partial charge in [-0.05, 0) is 6.42 Å². The summed E-state index contributed by atoms with van der Waals surface area (Å²) in [5.74, 6) is -0.566. The third-order valence-electron chi connectivity index (χ3n) is 1.31. The first-order chi connectivity index (χ1) is 5.55. The zero-order valence-corrected chi connectivity index (χ0v) is 7.63. The lowest BCUT2D eigenvalue weighted by Crippen LogP contribution is -2.38. The van der Waals surface area contributed by atoms with Crippen LogP contribution in [-0.2, 0) is 10.0 Å². The fraction of sp³-hybridized carbons (Fsp3) is 0.833. The molecule has 1 atom stereocenters. The van der Waals surface area contributed by atoms with Crippen molar-refractivity contribution in [1.29, 1.82) is 5.26 Å². The minimum atomic E-state index is -3.53. The lowest BCUT2D eigenvalue weighted by atomic mass is 10.3. The van der Waals surface area contributed by atoms with Gasteiger partial charge in [0.15, 0.2) is 5.75 Å². The van der Waals surface area contributed by atoms with Crippen LogP contribution in [0.25, 0.3) is 0 Å². The van der Waals surface area contributed by atoms with Gasteiger partial charge in [0.1, 0.15) is 0 Å². The average Bonchev–Trinajstić information content (AvgIpc) is 2.00. The van der Waals surface area contributed by atoms with Crippen molar-refractivity contribution in [2.24, 2.45) is 0 Å². The summed E-state index contributed by atoms with van der Waals surface area (Å²) in [6.45, 7) is 1.50. The normalized spacial score (nSPS) is 13.8. The maximum absolute atomic E-state index is 10.9. The lowest BCUT2D eigenvalue weighted by molar-refractivity contribution is 0.254. The summed E-state index contributed by atoms with van der Waals surface area (Å²) in [5, 5.41) is 16.8. The molecule has 6 heteroatoms. The molecule has 0 radical (unpaired) electrons. The number of hydrogen-bond donors (Lipinski definition) is 2. The SMILES string of the molecule is CCC(CO)NS(=O)(=O)CC#N. The van der Waals surface area contributed by atoms with Crippen molar-refractivity contribution in [3.05, 3.63) is 0 Å². The summed E-state index contributed by atoms with van der Waals surface area (Å²) in [6, 6.07) is 1.05. The zero-order valence-electron chi connectivity index (χ0n) is 6.82. The van der Waals surface area contributed by atoms with E-state index in [4.69, 9.17) is 10.4 Å². The van der Waals surface area contributed by atoms with Gasteiger partial charge in [0.2, 0.25) is 10.0 Å². The molecule has 0 rings (SSSR count). The third-order valence-corrected chi connectivity index (χ3v) is 2.52. The molecule has 0 aromatic heterocycles. The van der Waals surface area contributed by atoms with Crippen LogP contribution in [0.3, 0.4) is 0 Å². The van der Waals surface area contributed by atoms with Crippen molar-refractivity contribution in [3.8, 4) is 6.07 Å². The van der Waals surface area contributed by atoms with Crippen LogP contribution in [0.15, 0.2) is 0 Å². The largest absolute Gasteiger partial charge is 0.395 e. The fourth-order valence-electron chi connectivity index (χ4n) is 0.630. The predicted molar refractivity (Wildman–Crippen MR) is 43.7 cm³/mol. The number of nitrogens with zero attached hydrogens (tertiary/aromatic N) is 1. The highest BCUT2D eigenvalue weighted by atomic mass is 32.2. The van der Waals surface area contributed by atoms with Crippen LogP contribution in [0.2, 0.25) is 0 Å². The molecule has 0 saturated heterocycles. The summed E-state index contributed by atoms with van der Waals surface area (Å²) < 4.78 is 24.0. The quantitative estimate of drug-likeness (QED) is 0.596. The number of sulfonamides is 1. The summed E-state index contributed by atoms with van der Waals surface area (Å²) in [6.07, 6.45) is 0.501. The Morgan fingerprint density at radius 1 is 1.67 bits per heavy atom. The van der Waals surface area contributed by atoms with Crippen LogP contribution in [0.1, 0.15) is 13.3 Å². The van der Waals surface area contributed by atoms with Gasteiger partial charge in [-0.1, -0.05) is 6.92 Å². The summed E-state index contributed by atoms with van der Waals surface area (Å²) >= 11 is 0. The Morgan fingerprint density at radius 3 is 2.58 bits per heavy atom. The van der Waals surface area contributed by atoms with E-state index < -0.39 is 21.8 Å². The molecule has 0 aliphatic rings. The Kier molecular flexibility index (Phi) is 4.81. The van der Waals surface area contributed by atoms with Crippen LogP contribution in [-0.4, -0.2) is 31.9 Å². The molecule has 0 aliphatic carbocycles. The Morgan fingerprint density at radius 2 is 2.25 bits per heavy atom. The highest BCUT2D eigenvalue weighted by Crippen LogP contribution is 1.93. The molecule has 0 fully saturated rings. The molecule has 0 aromatic carbocycles. The maximum atomic E-state index is 10.9. The first-order valence-corrected chi connectivity index (χ1v) is 5.18. The van der Waals surface area contributed by atoms with Gasteiger partial charge in [0.25, 0.3) is 0 Å². The van der Waals surface area contributed by atoms with Gasteiger partial charge in [-0.2, -0.15) is 5.26 Å². The minimum Gasteiger partial charge on any atom is -0.395 e. The summed E-state index contributed by atoms with van der Waals surface area (Å²) in [4.78, 5) is 0. The smallest absolute Gasteiger partial charge is 0.225 e. The first kappa shape index (κ1) is 11.4. The molecule has 0 spiro atoms. The molecule has 2 N–H and O–H groups in total. The zero-order chi connectivity index (χ0) is 9.61. The van der Waals surface area contributed by atoms with Crippen LogP contribution < -0.4 is 4.72 Å². The summed E-state index contributed by atoms with van der Waals surface area (Å²) in [7, 11) is -3.53. The molecular formula is C6H12N2O3S. The number of nitriles is 1. The highest BCUT2D eigenvalue weighted by molar-refractivity contribution is 7.89. The van der Waals surface area contributed by atoms with Crippen molar-refractivity contribution < 1.29 is 13.5 Å². The van der Waals surface area contributed by atoms with Crippen LogP contribution >= 0.6 is 0 Å². The number of rotatable bonds is 5. The monoisotopic (exact) mass is 192 g/mol. The van der Waals surface area contributed by atoms with Crippen LogP contribution in [0, 0.1) is 11.3 Å². The fourth-order valence-corrected chi connectivity index (χ4v) is 1.63. The Balaban J connectivity index is 4.15. The lowest BCUT2D eigenvalue weighted by Gasteiger charge is -2.11. The molecule has 0 heterocycles. The van der Waals surface area contributed by atoms with Crippen molar-refractivity contribution in [2.75, 3.05) is 12.4 Å². The van der Waals surface area contributed by atoms with E-state index in [9.17, 15) is 8.42 Å². The van der Waals surface area contributed by atoms with E-state index in [0.29, 0.717) is 6.42 Å². The second-order valence-corrected chi connectivity index (χ2v) is 4.08. The van der Waals surface area contributed by atoms with Gasteiger partial charge < -0.3 is 5.11 Å².